The van der Waals surface area contributed by atoms with Crippen LogP contribution in [0.3, 0.4) is 0 Å². The second-order valence-electron chi connectivity index (χ2n) is 5.03. The van der Waals surface area contributed by atoms with Gasteiger partial charge in [-0.25, -0.2) is 0 Å². The van der Waals surface area contributed by atoms with E-state index >= 15 is 0 Å². The summed E-state index contributed by atoms with van der Waals surface area (Å²) in [6.45, 7) is 0. The number of halogens is 3. The maximum Gasteiger partial charge on any atom is 0.471 e. The number of benzene rings is 1. The summed E-state index contributed by atoms with van der Waals surface area (Å²) in [5.41, 5.74) is 1.35. The predicted molar refractivity (Wildman–Crippen MR) is 76.3 cm³/mol. The minimum absolute atomic E-state index is 0.0337. The maximum atomic E-state index is 12.2. The monoisotopic (exact) mass is 312 g/mol. The standard InChI is InChI=1S/C15H15F3N2O2/c16-15(17,18)14(22)20-12-7-3-6-11(9-12)19-13(21)8-10-4-1-2-5-10/h3,6-9H,1-2,4-5H2,(H,19,21)(H,20,22). The van der Waals surface area contributed by atoms with Crippen LogP contribution in [-0.4, -0.2) is 18.0 Å². The van der Waals surface area contributed by atoms with Gasteiger partial charge in [0.15, 0.2) is 0 Å². The number of hydrogen-bond acceptors (Lipinski definition) is 2. The lowest BCUT2D eigenvalue weighted by atomic mass is 10.2. The zero-order valence-corrected chi connectivity index (χ0v) is 11.7. The molecule has 0 aliphatic heterocycles. The molecule has 2 N–H and O–H groups in total. The number of nitrogens with one attached hydrogen (secondary N) is 2. The van der Waals surface area contributed by atoms with Crippen LogP contribution in [0.5, 0.6) is 0 Å². The molecule has 7 heteroatoms. The summed E-state index contributed by atoms with van der Waals surface area (Å²) in [5, 5.41) is 4.31. The quantitative estimate of drug-likeness (QED) is 0.837. The highest BCUT2D eigenvalue weighted by Gasteiger charge is 2.38. The topological polar surface area (TPSA) is 58.2 Å². The highest BCUT2D eigenvalue weighted by molar-refractivity contribution is 6.01. The lowest BCUT2D eigenvalue weighted by Gasteiger charge is -2.09. The van der Waals surface area contributed by atoms with Crippen LogP contribution in [0, 0.1) is 0 Å². The molecule has 0 spiro atoms. The molecule has 0 saturated heterocycles. The third-order valence-electron chi connectivity index (χ3n) is 3.23. The number of anilines is 2. The molecule has 2 rings (SSSR count). The van der Waals surface area contributed by atoms with Crippen molar-refractivity contribution in [1.82, 2.24) is 0 Å². The van der Waals surface area contributed by atoms with E-state index in [0.29, 0.717) is 5.69 Å². The van der Waals surface area contributed by atoms with E-state index in [0.717, 1.165) is 31.3 Å². The Labute approximate surface area is 125 Å². The van der Waals surface area contributed by atoms with Gasteiger partial charge in [0.25, 0.3) is 0 Å². The molecule has 1 aliphatic rings. The largest absolute Gasteiger partial charge is 0.471 e. The highest BCUT2D eigenvalue weighted by Crippen LogP contribution is 2.24. The number of amides is 2. The predicted octanol–water partition coefficient (Wildman–Crippen LogP) is 3.63. The molecule has 1 aliphatic carbocycles. The molecule has 4 nitrogen and oxygen atoms in total. The number of carbonyl (C=O) groups is 2. The Morgan fingerprint density at radius 2 is 1.64 bits per heavy atom. The second-order valence-corrected chi connectivity index (χ2v) is 5.03. The summed E-state index contributed by atoms with van der Waals surface area (Å²) in [6, 6.07) is 5.57. The van der Waals surface area contributed by atoms with Gasteiger partial charge in [0, 0.05) is 17.5 Å². The summed E-state index contributed by atoms with van der Waals surface area (Å²) in [6.07, 6.45) is 0.500. The lowest BCUT2D eigenvalue weighted by Crippen LogP contribution is -2.29. The minimum atomic E-state index is -4.95. The van der Waals surface area contributed by atoms with Crippen LogP contribution in [0.15, 0.2) is 35.9 Å². The van der Waals surface area contributed by atoms with Crippen LogP contribution in [0.25, 0.3) is 0 Å². The van der Waals surface area contributed by atoms with Gasteiger partial charge >= 0.3 is 12.1 Å². The summed E-state index contributed by atoms with van der Waals surface area (Å²) in [7, 11) is 0. The van der Waals surface area contributed by atoms with Crippen molar-refractivity contribution < 1.29 is 22.8 Å². The molecule has 0 heterocycles. The fraction of sp³-hybridized carbons (Fsp3) is 0.333. The number of carbonyl (C=O) groups excluding carboxylic acids is 2. The van der Waals surface area contributed by atoms with E-state index in [1.54, 1.807) is 5.32 Å². The van der Waals surface area contributed by atoms with Crippen molar-refractivity contribution >= 4 is 23.2 Å². The Hall–Kier alpha value is -2.31. The molecule has 118 valence electrons. The number of allylic oxidation sites excluding steroid dienone is 1. The van der Waals surface area contributed by atoms with E-state index in [-0.39, 0.29) is 11.6 Å². The fourth-order valence-corrected chi connectivity index (χ4v) is 2.21. The first-order valence-corrected chi connectivity index (χ1v) is 6.83. The van der Waals surface area contributed by atoms with Crippen LogP contribution >= 0.6 is 0 Å². The van der Waals surface area contributed by atoms with E-state index < -0.39 is 12.1 Å². The second kappa shape index (κ2) is 6.64. The molecule has 22 heavy (non-hydrogen) atoms. The third-order valence-corrected chi connectivity index (χ3v) is 3.23. The Bertz CT molecular complexity index is 601. The molecule has 0 atom stereocenters. The van der Waals surface area contributed by atoms with Crippen molar-refractivity contribution in [2.24, 2.45) is 0 Å². The molecular weight excluding hydrogens is 297 g/mol. The molecule has 1 aromatic rings. The van der Waals surface area contributed by atoms with Crippen molar-refractivity contribution in [2.75, 3.05) is 10.6 Å². The summed E-state index contributed by atoms with van der Waals surface area (Å²) in [4.78, 5) is 22.7. The van der Waals surface area contributed by atoms with Crippen molar-refractivity contribution in [3.8, 4) is 0 Å². The van der Waals surface area contributed by atoms with Gasteiger partial charge in [-0.3, -0.25) is 9.59 Å². The zero-order chi connectivity index (χ0) is 16.2. The Kier molecular flexibility index (Phi) is 4.85. The van der Waals surface area contributed by atoms with Crippen LogP contribution in [0.2, 0.25) is 0 Å². The van der Waals surface area contributed by atoms with Gasteiger partial charge in [-0.1, -0.05) is 11.6 Å². The molecule has 0 bridgehead atoms. The summed E-state index contributed by atoms with van der Waals surface area (Å²) >= 11 is 0. The van der Waals surface area contributed by atoms with Gasteiger partial charge < -0.3 is 10.6 Å². The Balaban J connectivity index is 2.00. The molecule has 0 radical (unpaired) electrons. The van der Waals surface area contributed by atoms with E-state index in [9.17, 15) is 22.8 Å². The smallest absolute Gasteiger partial charge is 0.322 e. The van der Waals surface area contributed by atoms with Gasteiger partial charge in [-0.05, 0) is 43.9 Å². The number of hydrogen-bond donors (Lipinski definition) is 2. The molecule has 1 fully saturated rings. The maximum absolute atomic E-state index is 12.2. The van der Waals surface area contributed by atoms with Gasteiger partial charge in [0.1, 0.15) is 0 Å². The highest BCUT2D eigenvalue weighted by atomic mass is 19.4. The zero-order valence-electron chi connectivity index (χ0n) is 11.7. The molecule has 0 unspecified atom stereocenters. The number of alkyl halides is 3. The summed E-state index contributed by atoms with van der Waals surface area (Å²) in [5.74, 6) is -2.37. The SMILES string of the molecule is O=C(C=C1CCCC1)Nc1cccc(NC(=O)C(F)(F)F)c1. The normalized spacial score (nSPS) is 14.6. The van der Waals surface area contributed by atoms with Crippen LogP contribution in [0.4, 0.5) is 24.5 Å². The average Bonchev–Trinajstić information content (AvgIpc) is 2.90. The van der Waals surface area contributed by atoms with Crippen LogP contribution in [-0.2, 0) is 9.59 Å². The van der Waals surface area contributed by atoms with E-state index in [1.807, 2.05) is 0 Å². The van der Waals surface area contributed by atoms with Crippen LogP contribution < -0.4 is 10.6 Å². The Morgan fingerprint density at radius 1 is 1.05 bits per heavy atom. The van der Waals surface area contributed by atoms with Gasteiger partial charge in [0.05, 0.1) is 0 Å². The van der Waals surface area contributed by atoms with Gasteiger partial charge in [-0.2, -0.15) is 13.2 Å². The lowest BCUT2D eigenvalue weighted by molar-refractivity contribution is -0.167. The van der Waals surface area contributed by atoms with Gasteiger partial charge in [0.2, 0.25) is 5.91 Å². The molecular formula is C15H15F3N2O2. The first-order valence-electron chi connectivity index (χ1n) is 6.83. The van der Waals surface area contributed by atoms with Crippen molar-refractivity contribution in [1.29, 1.82) is 0 Å². The number of rotatable bonds is 3. The first-order chi connectivity index (χ1) is 10.3. The van der Waals surface area contributed by atoms with E-state index in [1.165, 1.54) is 30.3 Å². The average molecular weight is 312 g/mol. The first kappa shape index (κ1) is 16.1. The molecule has 1 aromatic carbocycles. The fourth-order valence-electron chi connectivity index (χ4n) is 2.21. The Morgan fingerprint density at radius 3 is 2.23 bits per heavy atom. The summed E-state index contributed by atoms with van der Waals surface area (Å²) < 4.78 is 36.5. The van der Waals surface area contributed by atoms with Crippen molar-refractivity contribution in [3.05, 3.63) is 35.9 Å². The molecule has 2 amide bonds. The van der Waals surface area contributed by atoms with Crippen LogP contribution in [0.1, 0.15) is 25.7 Å². The van der Waals surface area contributed by atoms with E-state index in [2.05, 4.69) is 5.32 Å². The van der Waals surface area contributed by atoms with Crippen molar-refractivity contribution in [3.63, 3.8) is 0 Å². The molecule has 1 saturated carbocycles. The molecule has 0 aromatic heterocycles. The third kappa shape index (κ3) is 4.61. The van der Waals surface area contributed by atoms with Gasteiger partial charge in [-0.15, -0.1) is 0 Å². The minimum Gasteiger partial charge on any atom is -0.322 e. The van der Waals surface area contributed by atoms with Crippen molar-refractivity contribution in [2.45, 2.75) is 31.9 Å². The van der Waals surface area contributed by atoms with E-state index in [4.69, 9.17) is 0 Å².